The minimum Gasteiger partial charge on any atom is -0.493 e. The molecular formula is C27H31ClN2O5. The van der Waals surface area contributed by atoms with Crippen LogP contribution >= 0.6 is 11.6 Å². The van der Waals surface area contributed by atoms with Crippen molar-refractivity contribution in [2.24, 2.45) is 5.92 Å². The zero-order valence-corrected chi connectivity index (χ0v) is 21.2. The van der Waals surface area contributed by atoms with Gasteiger partial charge in [0.25, 0.3) is 5.91 Å². The Morgan fingerprint density at radius 2 is 1.74 bits per heavy atom. The predicted molar refractivity (Wildman–Crippen MR) is 135 cm³/mol. The predicted octanol–water partition coefficient (Wildman–Crippen LogP) is 5.50. The fourth-order valence-electron chi connectivity index (χ4n) is 3.68. The van der Waals surface area contributed by atoms with Crippen LogP contribution in [0.1, 0.15) is 48.0 Å². The summed E-state index contributed by atoms with van der Waals surface area (Å²) in [6.07, 6.45) is 2.36. The van der Waals surface area contributed by atoms with Gasteiger partial charge in [-0.1, -0.05) is 37.6 Å². The van der Waals surface area contributed by atoms with Gasteiger partial charge in [0.15, 0.2) is 11.5 Å². The highest BCUT2D eigenvalue weighted by Crippen LogP contribution is 2.31. The van der Waals surface area contributed by atoms with Crippen LogP contribution in [0.25, 0.3) is 0 Å². The Balaban J connectivity index is 2.04. The molecule has 0 aliphatic rings. The van der Waals surface area contributed by atoms with Gasteiger partial charge in [-0.05, 0) is 60.4 Å². The van der Waals surface area contributed by atoms with Crippen molar-refractivity contribution in [1.82, 2.24) is 10.2 Å². The van der Waals surface area contributed by atoms with E-state index in [4.69, 9.17) is 25.5 Å². The van der Waals surface area contributed by atoms with Crippen LogP contribution in [0.4, 0.5) is 0 Å². The van der Waals surface area contributed by atoms with Gasteiger partial charge >= 0.3 is 0 Å². The van der Waals surface area contributed by atoms with Gasteiger partial charge in [0.2, 0.25) is 5.91 Å². The number of ether oxygens (including phenoxy) is 2. The molecule has 1 aromatic heterocycles. The number of methoxy groups -OCH3 is 2. The van der Waals surface area contributed by atoms with E-state index in [2.05, 4.69) is 19.2 Å². The van der Waals surface area contributed by atoms with Crippen LogP contribution in [0.5, 0.6) is 11.5 Å². The summed E-state index contributed by atoms with van der Waals surface area (Å²) >= 11 is 6.11. The van der Waals surface area contributed by atoms with Crippen molar-refractivity contribution in [3.8, 4) is 11.5 Å². The van der Waals surface area contributed by atoms with Crippen LogP contribution in [0.2, 0.25) is 5.02 Å². The highest BCUT2D eigenvalue weighted by molar-refractivity contribution is 6.30. The van der Waals surface area contributed by atoms with Gasteiger partial charge in [-0.15, -0.1) is 0 Å². The van der Waals surface area contributed by atoms with Crippen molar-refractivity contribution in [3.63, 3.8) is 0 Å². The van der Waals surface area contributed by atoms with E-state index in [1.54, 1.807) is 54.6 Å². The maximum absolute atomic E-state index is 13.9. The van der Waals surface area contributed by atoms with Crippen LogP contribution in [0.15, 0.2) is 65.3 Å². The molecule has 0 fully saturated rings. The Hall–Kier alpha value is -3.45. The van der Waals surface area contributed by atoms with Crippen molar-refractivity contribution in [3.05, 3.63) is 82.8 Å². The number of nitrogens with zero attached hydrogens (tertiary/aromatic N) is 1. The number of hydrogen-bond donors (Lipinski definition) is 1. The number of amides is 2. The summed E-state index contributed by atoms with van der Waals surface area (Å²) in [5, 5.41) is 3.53. The largest absolute Gasteiger partial charge is 0.493 e. The van der Waals surface area contributed by atoms with Crippen molar-refractivity contribution in [2.75, 3.05) is 20.8 Å². The first-order valence-electron chi connectivity index (χ1n) is 11.4. The third-order valence-corrected chi connectivity index (χ3v) is 5.82. The second-order valence-electron chi connectivity index (χ2n) is 8.51. The molecule has 35 heavy (non-hydrogen) atoms. The van der Waals surface area contributed by atoms with Gasteiger partial charge < -0.3 is 24.1 Å². The van der Waals surface area contributed by atoms with Gasteiger partial charge in [0.1, 0.15) is 11.8 Å². The molecule has 1 N–H and O–H groups in total. The number of benzene rings is 2. The summed E-state index contributed by atoms with van der Waals surface area (Å²) in [4.78, 5) is 28.9. The quantitative estimate of drug-likeness (QED) is 0.377. The molecule has 3 rings (SSSR count). The number of halogens is 1. The smallest absolute Gasteiger partial charge is 0.255 e. The molecule has 3 aromatic rings. The van der Waals surface area contributed by atoms with Crippen LogP contribution in [-0.4, -0.2) is 37.5 Å². The minimum absolute atomic E-state index is 0.0884. The Morgan fingerprint density at radius 3 is 2.34 bits per heavy atom. The van der Waals surface area contributed by atoms with Crippen LogP contribution in [-0.2, 0) is 11.3 Å². The molecule has 1 unspecified atom stereocenters. The molecule has 2 aromatic carbocycles. The van der Waals surface area contributed by atoms with E-state index in [1.165, 1.54) is 25.4 Å². The molecule has 0 spiro atoms. The molecule has 0 aliphatic heterocycles. The third-order valence-electron chi connectivity index (χ3n) is 5.56. The molecule has 8 heteroatoms. The Kier molecular flexibility index (Phi) is 9.20. The number of carbonyl (C=O) groups excluding carboxylic acids is 2. The maximum Gasteiger partial charge on any atom is 0.255 e. The molecule has 186 valence electrons. The topological polar surface area (TPSA) is 81.0 Å². The first kappa shape index (κ1) is 26.2. The highest BCUT2D eigenvalue weighted by atomic mass is 35.5. The fourth-order valence-corrected chi connectivity index (χ4v) is 3.81. The SMILES string of the molecule is COc1ccc(C(=O)N(Cc2ccco2)C(C(=O)NCCC(C)C)c2ccc(Cl)cc2)cc1OC. The van der Waals surface area contributed by atoms with Gasteiger partial charge in [0, 0.05) is 17.1 Å². The second kappa shape index (κ2) is 12.3. The number of rotatable bonds is 11. The highest BCUT2D eigenvalue weighted by Gasteiger charge is 2.33. The van der Waals surface area contributed by atoms with Crippen LogP contribution in [0.3, 0.4) is 0 Å². The lowest BCUT2D eigenvalue weighted by Crippen LogP contribution is -2.43. The average molecular weight is 499 g/mol. The second-order valence-corrected chi connectivity index (χ2v) is 8.95. The molecule has 1 atom stereocenters. The minimum atomic E-state index is -0.912. The monoisotopic (exact) mass is 498 g/mol. The summed E-state index contributed by atoms with van der Waals surface area (Å²) < 4.78 is 16.2. The van der Waals surface area contributed by atoms with Crippen molar-refractivity contribution in [2.45, 2.75) is 32.9 Å². The average Bonchev–Trinajstić information content (AvgIpc) is 3.37. The van der Waals surface area contributed by atoms with Gasteiger partial charge in [-0.25, -0.2) is 0 Å². The molecule has 0 aliphatic carbocycles. The molecule has 1 heterocycles. The van der Waals surface area contributed by atoms with Gasteiger partial charge in [0.05, 0.1) is 27.0 Å². The van der Waals surface area contributed by atoms with E-state index >= 15 is 0 Å². The lowest BCUT2D eigenvalue weighted by atomic mass is 10.0. The van der Waals surface area contributed by atoms with E-state index in [1.807, 2.05) is 0 Å². The summed E-state index contributed by atoms with van der Waals surface area (Å²) in [7, 11) is 3.03. The van der Waals surface area contributed by atoms with E-state index in [-0.39, 0.29) is 18.4 Å². The van der Waals surface area contributed by atoms with E-state index < -0.39 is 6.04 Å². The number of nitrogens with one attached hydrogen (secondary N) is 1. The van der Waals surface area contributed by atoms with Gasteiger partial charge in [-0.3, -0.25) is 9.59 Å². The Bertz CT molecular complexity index is 1110. The first-order valence-corrected chi connectivity index (χ1v) is 11.8. The van der Waals surface area contributed by atoms with E-state index in [0.717, 1.165) is 6.42 Å². The van der Waals surface area contributed by atoms with Gasteiger partial charge in [-0.2, -0.15) is 0 Å². The maximum atomic E-state index is 13.9. The molecule has 0 bridgehead atoms. The van der Waals surface area contributed by atoms with Crippen molar-refractivity contribution >= 4 is 23.4 Å². The van der Waals surface area contributed by atoms with E-state index in [9.17, 15) is 9.59 Å². The molecule has 0 saturated heterocycles. The molecule has 2 amide bonds. The third kappa shape index (κ3) is 6.79. The standard InChI is InChI=1S/C27H31ClN2O5/c1-18(2)13-14-29-26(31)25(19-7-10-21(28)11-8-19)30(17-22-6-5-15-35-22)27(32)20-9-12-23(33-3)24(16-20)34-4/h5-12,15-16,18,25H,13-14,17H2,1-4H3,(H,29,31). The fraction of sp³-hybridized carbons (Fsp3) is 0.333. The molecule has 0 radical (unpaired) electrons. The molecule has 7 nitrogen and oxygen atoms in total. The lowest BCUT2D eigenvalue weighted by molar-refractivity contribution is -0.126. The molecule has 0 saturated carbocycles. The number of furan rings is 1. The van der Waals surface area contributed by atoms with E-state index in [0.29, 0.717) is 45.9 Å². The Morgan fingerprint density at radius 1 is 1.03 bits per heavy atom. The first-order chi connectivity index (χ1) is 16.8. The normalized spacial score (nSPS) is 11.7. The zero-order valence-electron chi connectivity index (χ0n) is 20.4. The summed E-state index contributed by atoms with van der Waals surface area (Å²) in [5.41, 5.74) is 0.986. The summed E-state index contributed by atoms with van der Waals surface area (Å²) in [6, 6.07) is 14.4. The number of carbonyl (C=O) groups is 2. The number of hydrogen-bond acceptors (Lipinski definition) is 5. The summed E-state index contributed by atoms with van der Waals surface area (Å²) in [6.45, 7) is 4.77. The van der Waals surface area contributed by atoms with Crippen LogP contribution in [0, 0.1) is 5.92 Å². The van der Waals surface area contributed by atoms with Crippen molar-refractivity contribution < 1.29 is 23.5 Å². The summed E-state index contributed by atoms with van der Waals surface area (Å²) in [5.74, 6) is 1.25. The Labute approximate surface area is 211 Å². The lowest BCUT2D eigenvalue weighted by Gasteiger charge is -2.31. The zero-order chi connectivity index (χ0) is 25.4. The van der Waals surface area contributed by atoms with Crippen molar-refractivity contribution in [1.29, 1.82) is 0 Å². The van der Waals surface area contributed by atoms with Crippen LogP contribution < -0.4 is 14.8 Å². The molecular weight excluding hydrogens is 468 g/mol.